The summed E-state index contributed by atoms with van der Waals surface area (Å²) in [4.78, 5) is 37.3. The quantitative estimate of drug-likeness (QED) is 0.888. The number of rotatable bonds is 4. The lowest BCUT2D eigenvalue weighted by atomic mass is 10.1. The first kappa shape index (κ1) is 16.5. The van der Waals surface area contributed by atoms with E-state index in [1.54, 1.807) is 6.07 Å². The van der Waals surface area contributed by atoms with Gasteiger partial charge in [-0.2, -0.15) is 0 Å². The number of carboxylic acid groups (broad SMARTS) is 1. The van der Waals surface area contributed by atoms with Gasteiger partial charge >= 0.3 is 5.97 Å². The zero-order valence-electron chi connectivity index (χ0n) is 13.7. The van der Waals surface area contributed by atoms with Gasteiger partial charge < -0.3 is 15.3 Å². The van der Waals surface area contributed by atoms with Gasteiger partial charge in [-0.25, -0.2) is 0 Å². The predicted molar refractivity (Wildman–Crippen MR) is 89.9 cm³/mol. The topological polar surface area (TPSA) is 86.7 Å². The summed E-state index contributed by atoms with van der Waals surface area (Å²) in [6.07, 6.45) is 3.94. The van der Waals surface area contributed by atoms with E-state index >= 15 is 0 Å². The minimum absolute atomic E-state index is 0.000708. The van der Waals surface area contributed by atoms with Gasteiger partial charge in [-0.05, 0) is 37.5 Å². The molecular formula is C18H22N2O4. The van der Waals surface area contributed by atoms with E-state index in [2.05, 4.69) is 5.32 Å². The fourth-order valence-corrected chi connectivity index (χ4v) is 3.50. The minimum atomic E-state index is -0.963. The first-order valence-electron chi connectivity index (χ1n) is 8.40. The Kier molecular flexibility index (Phi) is 4.55. The van der Waals surface area contributed by atoms with Crippen molar-refractivity contribution in [2.45, 2.75) is 39.0 Å². The van der Waals surface area contributed by atoms with Gasteiger partial charge in [0.15, 0.2) is 0 Å². The van der Waals surface area contributed by atoms with Gasteiger partial charge in [0.2, 0.25) is 11.8 Å². The fourth-order valence-electron chi connectivity index (χ4n) is 3.50. The molecular weight excluding hydrogens is 308 g/mol. The Balaban J connectivity index is 1.84. The summed E-state index contributed by atoms with van der Waals surface area (Å²) in [7, 11) is 0. The Hall–Kier alpha value is -2.37. The number of carboxylic acids is 1. The van der Waals surface area contributed by atoms with Crippen LogP contribution in [0.1, 0.15) is 37.7 Å². The van der Waals surface area contributed by atoms with Crippen molar-refractivity contribution in [3.63, 3.8) is 0 Å². The number of hydrogen-bond acceptors (Lipinski definition) is 3. The summed E-state index contributed by atoms with van der Waals surface area (Å²) in [5, 5.41) is 12.1. The van der Waals surface area contributed by atoms with Gasteiger partial charge in [0, 0.05) is 18.9 Å². The Labute approximate surface area is 140 Å². The summed E-state index contributed by atoms with van der Waals surface area (Å²) in [6, 6.07) is 5.49. The molecule has 128 valence electrons. The Morgan fingerprint density at radius 2 is 1.92 bits per heavy atom. The van der Waals surface area contributed by atoms with Crippen LogP contribution in [0.2, 0.25) is 0 Å². The van der Waals surface area contributed by atoms with Crippen LogP contribution >= 0.6 is 0 Å². The third-order valence-corrected chi connectivity index (χ3v) is 4.90. The smallest absolute Gasteiger partial charge is 0.308 e. The van der Waals surface area contributed by atoms with Crippen LogP contribution in [0.4, 0.5) is 11.4 Å². The third-order valence-electron chi connectivity index (χ3n) is 4.90. The highest BCUT2D eigenvalue weighted by atomic mass is 16.4. The number of benzene rings is 1. The summed E-state index contributed by atoms with van der Waals surface area (Å²) in [6.45, 7) is 2.05. The average Bonchev–Trinajstić information content (AvgIpc) is 3.18. The maximum Gasteiger partial charge on any atom is 0.308 e. The molecule has 0 bridgehead atoms. The number of amides is 2. The van der Waals surface area contributed by atoms with E-state index in [-0.39, 0.29) is 30.7 Å². The number of anilines is 2. The molecule has 1 aliphatic heterocycles. The van der Waals surface area contributed by atoms with Crippen molar-refractivity contribution < 1.29 is 19.5 Å². The number of carbonyl (C=O) groups excluding carboxylic acids is 2. The Morgan fingerprint density at radius 3 is 2.54 bits per heavy atom. The van der Waals surface area contributed by atoms with Gasteiger partial charge in [0.1, 0.15) is 0 Å². The van der Waals surface area contributed by atoms with Gasteiger partial charge in [0.05, 0.1) is 17.3 Å². The predicted octanol–water partition coefficient (Wildman–Crippen LogP) is 2.56. The number of hydrogen-bond donors (Lipinski definition) is 2. The molecule has 2 N–H and O–H groups in total. The number of nitrogens with one attached hydrogen (secondary N) is 1. The second-order valence-corrected chi connectivity index (χ2v) is 6.73. The van der Waals surface area contributed by atoms with Crippen LogP contribution in [-0.4, -0.2) is 29.4 Å². The molecule has 6 nitrogen and oxygen atoms in total. The number of aliphatic carboxylic acids is 1. The van der Waals surface area contributed by atoms with Gasteiger partial charge in [-0.15, -0.1) is 0 Å². The monoisotopic (exact) mass is 330 g/mol. The van der Waals surface area contributed by atoms with Crippen LogP contribution in [-0.2, 0) is 14.4 Å². The summed E-state index contributed by atoms with van der Waals surface area (Å²) in [5.41, 5.74) is 2.13. The molecule has 1 heterocycles. The van der Waals surface area contributed by atoms with E-state index in [0.29, 0.717) is 11.4 Å². The van der Waals surface area contributed by atoms with E-state index < -0.39 is 11.9 Å². The molecule has 1 saturated heterocycles. The summed E-state index contributed by atoms with van der Waals surface area (Å²) < 4.78 is 0. The Morgan fingerprint density at radius 1 is 1.21 bits per heavy atom. The van der Waals surface area contributed by atoms with Gasteiger partial charge in [0.25, 0.3) is 0 Å². The first-order valence-corrected chi connectivity index (χ1v) is 8.40. The standard InChI is InChI=1S/C18H22N2O4/c1-11-6-7-14(19-17(22)12-4-2-3-5-12)15(8-11)20-10-13(18(23)24)9-16(20)21/h6-8,12-13H,2-5,9-10H2,1H3,(H,19,22)(H,23,24)/t13-/m0/s1. The molecule has 1 aromatic carbocycles. The average molecular weight is 330 g/mol. The van der Waals surface area contributed by atoms with E-state index in [1.807, 2.05) is 19.1 Å². The fraction of sp³-hybridized carbons (Fsp3) is 0.500. The maximum atomic E-state index is 12.4. The SMILES string of the molecule is Cc1ccc(NC(=O)C2CCCC2)c(N2C[C@@H](C(=O)O)CC2=O)c1. The molecule has 1 saturated carbocycles. The van der Waals surface area contributed by atoms with Crippen LogP contribution < -0.4 is 10.2 Å². The molecule has 6 heteroatoms. The van der Waals surface area contributed by atoms with Gasteiger partial charge in [-0.1, -0.05) is 18.9 Å². The first-order chi connectivity index (χ1) is 11.5. The lowest BCUT2D eigenvalue weighted by Gasteiger charge is -2.22. The zero-order chi connectivity index (χ0) is 17.3. The zero-order valence-corrected chi connectivity index (χ0v) is 13.7. The van der Waals surface area contributed by atoms with E-state index in [1.165, 1.54) is 4.90 Å². The molecule has 0 spiro atoms. The summed E-state index contributed by atoms with van der Waals surface area (Å²) in [5.74, 6) is -1.87. The molecule has 0 aromatic heterocycles. The van der Waals surface area contributed by atoms with Crippen LogP contribution in [0.3, 0.4) is 0 Å². The van der Waals surface area contributed by atoms with Crippen molar-refractivity contribution in [3.8, 4) is 0 Å². The van der Waals surface area contributed by atoms with Gasteiger partial charge in [-0.3, -0.25) is 14.4 Å². The number of aryl methyl sites for hydroxylation is 1. The maximum absolute atomic E-state index is 12.4. The molecule has 1 atom stereocenters. The van der Waals surface area contributed by atoms with E-state index in [4.69, 9.17) is 5.11 Å². The summed E-state index contributed by atoms with van der Waals surface area (Å²) >= 11 is 0. The third kappa shape index (κ3) is 3.27. The van der Waals surface area contributed by atoms with Crippen LogP contribution in [0.15, 0.2) is 18.2 Å². The van der Waals surface area contributed by atoms with Crippen molar-refractivity contribution in [2.75, 3.05) is 16.8 Å². The van der Waals surface area contributed by atoms with Crippen molar-refractivity contribution in [2.24, 2.45) is 11.8 Å². The largest absolute Gasteiger partial charge is 0.481 e. The number of carbonyl (C=O) groups is 3. The van der Waals surface area contributed by atoms with Crippen LogP contribution in [0.25, 0.3) is 0 Å². The lowest BCUT2D eigenvalue weighted by molar-refractivity contribution is -0.141. The van der Waals surface area contributed by atoms with E-state index in [9.17, 15) is 14.4 Å². The highest BCUT2D eigenvalue weighted by Crippen LogP contribution is 2.34. The second-order valence-electron chi connectivity index (χ2n) is 6.73. The van der Waals surface area contributed by atoms with E-state index in [0.717, 1.165) is 31.2 Å². The molecule has 24 heavy (non-hydrogen) atoms. The second kappa shape index (κ2) is 6.63. The number of nitrogens with zero attached hydrogens (tertiary/aromatic N) is 1. The van der Waals surface area contributed by atoms with Crippen molar-refractivity contribution in [1.82, 2.24) is 0 Å². The lowest BCUT2D eigenvalue weighted by Crippen LogP contribution is -2.28. The molecule has 3 rings (SSSR count). The van der Waals surface area contributed by atoms with Crippen molar-refractivity contribution in [3.05, 3.63) is 23.8 Å². The normalized spacial score (nSPS) is 21.3. The molecule has 2 aliphatic rings. The highest BCUT2D eigenvalue weighted by Gasteiger charge is 2.36. The molecule has 2 fully saturated rings. The van der Waals surface area contributed by atoms with Crippen LogP contribution in [0.5, 0.6) is 0 Å². The molecule has 0 unspecified atom stereocenters. The molecule has 1 aromatic rings. The Bertz CT molecular complexity index is 680. The minimum Gasteiger partial charge on any atom is -0.481 e. The van der Waals surface area contributed by atoms with Crippen molar-refractivity contribution in [1.29, 1.82) is 0 Å². The highest BCUT2D eigenvalue weighted by molar-refractivity contribution is 6.04. The molecule has 1 aliphatic carbocycles. The molecule has 0 radical (unpaired) electrons. The van der Waals surface area contributed by atoms with Crippen LogP contribution in [0, 0.1) is 18.8 Å². The molecule has 2 amide bonds. The van der Waals surface area contributed by atoms with Crippen molar-refractivity contribution >= 4 is 29.2 Å².